The van der Waals surface area contributed by atoms with Gasteiger partial charge in [0.05, 0.1) is 25.8 Å². The molecule has 382 valence electrons. The van der Waals surface area contributed by atoms with Gasteiger partial charge < -0.3 is 80.8 Å². The van der Waals surface area contributed by atoms with Gasteiger partial charge in [-0.1, -0.05) is 0 Å². The summed E-state index contributed by atoms with van der Waals surface area (Å²) in [6, 6.07) is -11.3. The minimum absolute atomic E-state index is 0.0179. The maximum absolute atomic E-state index is 13.8. The van der Waals surface area contributed by atoms with E-state index in [-0.39, 0.29) is 63.5 Å². The van der Waals surface area contributed by atoms with E-state index in [4.69, 9.17) is 22.9 Å². The number of nitrogens with two attached hydrogens (primary N) is 4. The molecule has 0 saturated carbocycles. The first-order valence-electron chi connectivity index (χ1n) is 22.0. The van der Waals surface area contributed by atoms with E-state index in [0.29, 0.717) is 25.8 Å². The van der Waals surface area contributed by atoms with Gasteiger partial charge in [0.2, 0.25) is 53.2 Å². The Labute approximate surface area is 388 Å². The third kappa shape index (κ3) is 25.3. The van der Waals surface area contributed by atoms with Crippen molar-refractivity contribution < 1.29 is 79.7 Å². The lowest BCUT2D eigenvalue weighted by molar-refractivity contribution is -0.459. The van der Waals surface area contributed by atoms with E-state index in [9.17, 15) is 63.3 Å². The maximum Gasteiger partial charge on any atom is 0.338 e. The van der Waals surface area contributed by atoms with Gasteiger partial charge in [-0.15, -0.1) is 0 Å². The predicted octanol–water partition coefficient (Wildman–Crippen LogP) is -11.6. The van der Waals surface area contributed by atoms with Crippen molar-refractivity contribution in [2.45, 2.75) is 152 Å². The van der Waals surface area contributed by atoms with E-state index in [1.807, 2.05) is 0 Å². The van der Waals surface area contributed by atoms with Crippen LogP contribution in [0.3, 0.4) is 0 Å². The van der Waals surface area contributed by atoms with Crippen molar-refractivity contribution in [2.75, 3.05) is 26.2 Å². The summed E-state index contributed by atoms with van der Waals surface area (Å²) in [6.45, 7) is 5.12. The number of nitrogens with one attached hydrogen (secondary N) is 9. The lowest BCUT2D eigenvalue weighted by Gasteiger charge is -2.28. The maximum atomic E-state index is 13.8. The molecular formula is C39H76N15O13+3. The number of primary amides is 2. The normalized spacial score (nSPS) is 15.4. The molecular weight excluding hydrogens is 887 g/mol. The number of aliphatic hydroxyl groups excluding tert-OH is 3. The molecule has 67 heavy (non-hydrogen) atoms. The van der Waals surface area contributed by atoms with E-state index < -0.39 is 127 Å². The highest BCUT2D eigenvalue weighted by atomic mass is 16.3. The van der Waals surface area contributed by atoms with E-state index in [1.165, 1.54) is 20.8 Å². The Morgan fingerprint density at radius 2 is 1.03 bits per heavy atom. The second kappa shape index (κ2) is 32.4. The van der Waals surface area contributed by atoms with Crippen molar-refractivity contribution in [3.63, 3.8) is 0 Å². The lowest BCUT2D eigenvalue weighted by Crippen LogP contribution is -2.78. The molecule has 10 amide bonds. The Bertz CT molecular complexity index is 1700. The van der Waals surface area contributed by atoms with Crippen molar-refractivity contribution in [3.05, 3.63) is 0 Å². The first-order chi connectivity index (χ1) is 31.4. The van der Waals surface area contributed by atoms with Gasteiger partial charge in [-0.25, -0.2) is 0 Å². The SMILES string of the molecule is CC(=O)NCCCC[C@H](NC(=O)[C@H](CCC[NH+]=C(N)N)NC(=O)[C@H](C)NC(=O)[C@@H](NC(=O)[C@H](CCC(N)=O)NC(=O)[C@H](CCCC[NH3+])NC(=O)[C@@H]([NH3+])[C@@H](C)O)[C@@H](C)O)C(=O)N[C@@H](CO)C(N)=O. The number of carbonyl (C=O) groups excluding carboxylic acids is 10. The van der Waals surface area contributed by atoms with Crippen LogP contribution in [-0.4, -0.2) is 167 Å². The molecule has 10 atom stereocenters. The number of hydrogen-bond donors (Lipinski definition) is 18. The number of guanidine groups is 1. The number of hydrogen-bond acceptors (Lipinski definition) is 13. The molecule has 26 N–H and O–H groups in total. The molecule has 0 spiro atoms. The Balaban J connectivity index is 6.36. The van der Waals surface area contributed by atoms with Crippen molar-refractivity contribution >= 4 is 65.0 Å². The molecule has 0 aromatic heterocycles. The van der Waals surface area contributed by atoms with Crippen LogP contribution in [-0.2, 0) is 47.9 Å². The number of carbonyl (C=O) groups is 10. The average molecular weight is 963 g/mol. The molecule has 0 aliphatic rings. The van der Waals surface area contributed by atoms with Gasteiger partial charge in [-0.05, 0) is 78.6 Å². The van der Waals surface area contributed by atoms with Crippen molar-refractivity contribution in [1.29, 1.82) is 0 Å². The van der Waals surface area contributed by atoms with Crippen molar-refractivity contribution in [3.8, 4) is 0 Å². The zero-order valence-electron chi connectivity index (χ0n) is 38.8. The van der Waals surface area contributed by atoms with Gasteiger partial charge in [0.15, 0.2) is 6.04 Å². The Morgan fingerprint density at radius 1 is 0.567 bits per heavy atom. The molecule has 0 radical (unpaired) electrons. The third-order valence-electron chi connectivity index (χ3n) is 10.1. The summed E-state index contributed by atoms with van der Waals surface area (Å²) >= 11 is 0. The van der Waals surface area contributed by atoms with Crippen molar-refractivity contribution in [2.24, 2.45) is 22.9 Å². The Morgan fingerprint density at radius 3 is 1.48 bits per heavy atom. The molecule has 28 nitrogen and oxygen atoms in total. The zero-order chi connectivity index (χ0) is 51.4. The number of aliphatic hydroxyl groups is 3. The molecule has 0 unspecified atom stereocenters. The largest absolute Gasteiger partial charge is 0.394 e. The fourth-order valence-corrected chi connectivity index (χ4v) is 6.01. The summed E-state index contributed by atoms with van der Waals surface area (Å²) in [5.41, 5.74) is 28.9. The fourth-order valence-electron chi connectivity index (χ4n) is 6.01. The van der Waals surface area contributed by atoms with Crippen LogP contribution < -0.4 is 81.9 Å². The summed E-state index contributed by atoms with van der Waals surface area (Å²) < 4.78 is 0. The Kier molecular flexibility index (Phi) is 29.4. The quantitative estimate of drug-likeness (QED) is 0.0162. The first-order valence-corrected chi connectivity index (χ1v) is 22.0. The highest BCUT2D eigenvalue weighted by Gasteiger charge is 2.35. The second-order valence-electron chi connectivity index (χ2n) is 16.1. The summed E-state index contributed by atoms with van der Waals surface area (Å²) in [5.74, 6) is -8.74. The topological polar surface area (TPSA) is 501 Å². The number of quaternary nitrogens is 2. The molecule has 28 heteroatoms. The van der Waals surface area contributed by atoms with Gasteiger partial charge in [0.1, 0.15) is 48.4 Å². The van der Waals surface area contributed by atoms with Crippen LogP contribution in [0.5, 0.6) is 0 Å². The second-order valence-corrected chi connectivity index (χ2v) is 16.1. The van der Waals surface area contributed by atoms with Crippen LogP contribution in [0.1, 0.15) is 91.9 Å². The van der Waals surface area contributed by atoms with Crippen LogP contribution in [0.4, 0.5) is 0 Å². The highest BCUT2D eigenvalue weighted by molar-refractivity contribution is 5.98. The highest BCUT2D eigenvalue weighted by Crippen LogP contribution is 2.08. The average Bonchev–Trinajstić information content (AvgIpc) is 3.24. The molecule has 0 rings (SSSR count). The van der Waals surface area contributed by atoms with Gasteiger partial charge in [0.25, 0.3) is 5.91 Å². The monoisotopic (exact) mass is 963 g/mol. The molecule has 0 fully saturated rings. The van der Waals surface area contributed by atoms with Gasteiger partial charge in [-0.2, -0.15) is 0 Å². The number of amides is 10. The zero-order valence-corrected chi connectivity index (χ0v) is 38.8. The van der Waals surface area contributed by atoms with Crippen LogP contribution in [0.2, 0.25) is 0 Å². The molecule has 0 bridgehead atoms. The fraction of sp³-hybridized carbons (Fsp3) is 0.718. The summed E-state index contributed by atoms with van der Waals surface area (Å²) in [4.78, 5) is 131. The van der Waals surface area contributed by atoms with E-state index in [1.54, 1.807) is 0 Å². The molecule has 0 aliphatic carbocycles. The van der Waals surface area contributed by atoms with E-state index >= 15 is 0 Å². The first kappa shape index (κ1) is 60.8. The number of unbranched alkanes of at least 4 members (excludes halogenated alkanes) is 2. The Hall–Kier alpha value is -6.23. The minimum atomic E-state index is -1.77. The molecule has 0 aliphatic heterocycles. The van der Waals surface area contributed by atoms with Crippen LogP contribution >= 0.6 is 0 Å². The molecule has 0 saturated heterocycles. The van der Waals surface area contributed by atoms with Crippen LogP contribution in [0.25, 0.3) is 0 Å². The minimum Gasteiger partial charge on any atom is -0.394 e. The van der Waals surface area contributed by atoms with Crippen LogP contribution in [0, 0.1) is 0 Å². The van der Waals surface area contributed by atoms with E-state index in [2.05, 4.69) is 59.0 Å². The summed E-state index contributed by atoms with van der Waals surface area (Å²) in [5, 5.41) is 49.5. The van der Waals surface area contributed by atoms with Gasteiger partial charge in [-0.3, -0.25) is 64.4 Å². The lowest BCUT2D eigenvalue weighted by atomic mass is 10.0. The van der Waals surface area contributed by atoms with Crippen molar-refractivity contribution in [1.82, 2.24) is 42.5 Å². The van der Waals surface area contributed by atoms with E-state index in [0.717, 1.165) is 6.92 Å². The molecule has 0 aromatic rings. The predicted molar refractivity (Wildman–Crippen MR) is 237 cm³/mol. The molecule has 0 heterocycles. The molecule has 0 aromatic carbocycles. The van der Waals surface area contributed by atoms with Gasteiger partial charge >= 0.3 is 5.96 Å². The summed E-state index contributed by atoms with van der Waals surface area (Å²) in [6.07, 6.45) is -1.70. The standard InChI is InChI=1S/C39H73N15O13/c1-19(32(61)49-25(12-9-17-47-39(44)45)34(63)50-23(11-6-8-16-46-22(4)58)35(64)53-27(18-55)31(43)60)48-38(67)30(21(3)57)54-36(65)26(13-14-28(41)59)51-33(62)24(10-5-7-15-40)52-37(66)29(42)20(2)56/h19-21,23-27,29-30,55-57H,5-18,40,42H2,1-4H3,(H2,41,59)(H2,43,60)(H,46,58)(H,48,67)(H,49,61)(H,50,63)(H,51,62)(H,52,66)(H,53,64)(H,54,65)(H4,44,45,47)/p+3/t19-,20+,21+,23-,24-,25-,26-,27-,29-,30-/m0/s1. The van der Waals surface area contributed by atoms with Gasteiger partial charge in [0, 0.05) is 19.9 Å². The summed E-state index contributed by atoms with van der Waals surface area (Å²) in [7, 11) is 0. The smallest absolute Gasteiger partial charge is 0.338 e. The van der Waals surface area contributed by atoms with Crippen LogP contribution in [0.15, 0.2) is 0 Å². The number of rotatable bonds is 34. The third-order valence-corrected chi connectivity index (χ3v) is 10.1.